The molecule has 0 heterocycles. The molecule has 0 aliphatic heterocycles. The maximum Gasteiger partial charge on any atom is 0.350 e. The standard InChI is InChI=1S/C28H36O5/c1-9-16-31-23-13-11-22(12-14-23)24(29)15-10-21-17-19(2)25(20(3)18-21)32-28(7,8)26(30)33-27(4,5)6/h10-15,17-18H,9,16H2,1-8H3/b15-10+. The van der Waals surface area contributed by atoms with E-state index in [1.807, 2.05) is 65.8 Å². The van der Waals surface area contributed by atoms with E-state index in [0.717, 1.165) is 28.9 Å². The Morgan fingerprint density at radius 2 is 1.52 bits per heavy atom. The Morgan fingerprint density at radius 1 is 0.939 bits per heavy atom. The third-order valence-corrected chi connectivity index (χ3v) is 4.77. The molecule has 0 N–H and O–H groups in total. The van der Waals surface area contributed by atoms with Gasteiger partial charge in [-0.1, -0.05) is 13.0 Å². The number of ketones is 1. The smallest absolute Gasteiger partial charge is 0.350 e. The molecule has 0 atom stereocenters. The first-order valence-electron chi connectivity index (χ1n) is 11.3. The van der Waals surface area contributed by atoms with Crippen LogP contribution in [0.1, 0.15) is 75.0 Å². The van der Waals surface area contributed by atoms with Crippen molar-refractivity contribution in [2.24, 2.45) is 0 Å². The zero-order chi connectivity index (χ0) is 24.8. The Morgan fingerprint density at radius 3 is 2.03 bits per heavy atom. The van der Waals surface area contributed by atoms with Gasteiger partial charge in [0.05, 0.1) is 6.61 Å². The van der Waals surface area contributed by atoms with Crippen molar-refractivity contribution in [1.29, 1.82) is 0 Å². The van der Waals surface area contributed by atoms with Gasteiger partial charge in [0, 0.05) is 5.56 Å². The fraction of sp³-hybridized carbons (Fsp3) is 0.429. The van der Waals surface area contributed by atoms with Gasteiger partial charge in [0.1, 0.15) is 17.1 Å². The summed E-state index contributed by atoms with van der Waals surface area (Å²) in [5.41, 5.74) is 1.49. The quantitative estimate of drug-likeness (QED) is 0.247. The number of hydrogen-bond donors (Lipinski definition) is 0. The number of carbonyl (C=O) groups excluding carboxylic acids is 2. The number of esters is 1. The highest BCUT2D eigenvalue weighted by Crippen LogP contribution is 2.30. The summed E-state index contributed by atoms with van der Waals surface area (Å²) >= 11 is 0. The first-order chi connectivity index (χ1) is 15.3. The summed E-state index contributed by atoms with van der Waals surface area (Å²) in [6.07, 6.45) is 4.28. The molecule has 2 rings (SSSR count). The van der Waals surface area contributed by atoms with Crippen molar-refractivity contribution in [3.63, 3.8) is 0 Å². The molecular formula is C28H36O5. The second-order valence-electron chi connectivity index (χ2n) is 9.67. The lowest BCUT2D eigenvalue weighted by molar-refractivity contribution is -0.171. The molecule has 33 heavy (non-hydrogen) atoms. The van der Waals surface area contributed by atoms with Gasteiger partial charge >= 0.3 is 5.97 Å². The van der Waals surface area contributed by atoms with E-state index in [2.05, 4.69) is 0 Å². The fourth-order valence-corrected chi connectivity index (χ4v) is 3.14. The maximum absolute atomic E-state index is 12.6. The molecule has 0 aromatic heterocycles. The summed E-state index contributed by atoms with van der Waals surface area (Å²) in [7, 11) is 0. The van der Waals surface area contributed by atoms with Crippen molar-refractivity contribution in [3.05, 3.63) is 64.7 Å². The third-order valence-electron chi connectivity index (χ3n) is 4.77. The van der Waals surface area contributed by atoms with Gasteiger partial charge in [-0.15, -0.1) is 0 Å². The summed E-state index contributed by atoms with van der Waals surface area (Å²) in [5.74, 6) is 0.888. The summed E-state index contributed by atoms with van der Waals surface area (Å²) in [4.78, 5) is 25.1. The van der Waals surface area contributed by atoms with Crippen molar-refractivity contribution < 1.29 is 23.8 Å². The van der Waals surface area contributed by atoms with E-state index in [-0.39, 0.29) is 5.78 Å². The summed E-state index contributed by atoms with van der Waals surface area (Å²) in [6, 6.07) is 11.0. The predicted molar refractivity (Wildman–Crippen MR) is 132 cm³/mol. The minimum Gasteiger partial charge on any atom is -0.494 e. The normalized spacial score (nSPS) is 12.0. The zero-order valence-electron chi connectivity index (χ0n) is 21.1. The first kappa shape index (κ1) is 26.2. The van der Waals surface area contributed by atoms with E-state index in [0.29, 0.717) is 17.9 Å². The van der Waals surface area contributed by atoms with Crippen LogP contribution in [0.15, 0.2) is 42.5 Å². The SMILES string of the molecule is CCCOc1ccc(C(=O)/C=C/c2cc(C)c(OC(C)(C)C(=O)OC(C)(C)C)c(C)c2)cc1. The molecule has 2 aromatic rings. The number of aryl methyl sites for hydroxylation is 2. The van der Waals surface area contributed by atoms with Gasteiger partial charge in [-0.2, -0.15) is 0 Å². The average molecular weight is 453 g/mol. The topological polar surface area (TPSA) is 61.8 Å². The molecule has 0 aliphatic rings. The molecule has 0 fully saturated rings. The molecule has 0 saturated heterocycles. The van der Waals surface area contributed by atoms with E-state index < -0.39 is 17.2 Å². The van der Waals surface area contributed by atoms with Crippen molar-refractivity contribution in [1.82, 2.24) is 0 Å². The summed E-state index contributed by atoms with van der Waals surface area (Å²) in [6.45, 7) is 15.4. The number of hydrogen-bond acceptors (Lipinski definition) is 5. The molecular weight excluding hydrogens is 416 g/mol. The van der Waals surface area contributed by atoms with E-state index >= 15 is 0 Å². The van der Waals surface area contributed by atoms with E-state index in [1.165, 1.54) is 0 Å². The minimum atomic E-state index is -1.14. The molecule has 0 unspecified atom stereocenters. The van der Waals surface area contributed by atoms with Gasteiger partial charge in [0.15, 0.2) is 11.4 Å². The van der Waals surface area contributed by atoms with Gasteiger partial charge in [0.2, 0.25) is 0 Å². The van der Waals surface area contributed by atoms with Crippen molar-refractivity contribution in [2.45, 2.75) is 73.0 Å². The molecule has 0 radical (unpaired) electrons. The highest BCUT2D eigenvalue weighted by atomic mass is 16.6. The number of ether oxygens (including phenoxy) is 3. The molecule has 0 saturated carbocycles. The molecule has 5 nitrogen and oxygen atoms in total. The van der Waals surface area contributed by atoms with Crippen LogP contribution in [0.3, 0.4) is 0 Å². The van der Waals surface area contributed by atoms with Crippen LogP contribution in [0.2, 0.25) is 0 Å². The van der Waals surface area contributed by atoms with Crippen molar-refractivity contribution >= 4 is 17.8 Å². The lowest BCUT2D eigenvalue weighted by atomic mass is 10.0. The Labute approximate surface area is 197 Å². The van der Waals surface area contributed by atoms with E-state index in [1.54, 1.807) is 38.1 Å². The van der Waals surface area contributed by atoms with Gasteiger partial charge in [-0.3, -0.25) is 4.79 Å². The number of benzene rings is 2. The second kappa shape index (κ2) is 10.7. The Hall–Kier alpha value is -3.08. The van der Waals surface area contributed by atoms with Crippen LogP contribution in [-0.4, -0.2) is 29.6 Å². The molecule has 2 aromatic carbocycles. The Balaban J connectivity index is 2.13. The lowest BCUT2D eigenvalue weighted by Gasteiger charge is -2.30. The van der Waals surface area contributed by atoms with Gasteiger partial charge in [-0.25, -0.2) is 4.79 Å². The van der Waals surface area contributed by atoms with Crippen LogP contribution in [-0.2, 0) is 9.53 Å². The van der Waals surface area contributed by atoms with Crippen LogP contribution in [0.5, 0.6) is 11.5 Å². The van der Waals surface area contributed by atoms with Crippen LogP contribution in [0.4, 0.5) is 0 Å². The highest BCUT2D eigenvalue weighted by Gasteiger charge is 2.35. The van der Waals surface area contributed by atoms with Gasteiger partial charge < -0.3 is 14.2 Å². The minimum absolute atomic E-state index is 0.0845. The lowest BCUT2D eigenvalue weighted by Crippen LogP contribution is -2.43. The van der Waals surface area contributed by atoms with Crippen LogP contribution in [0.25, 0.3) is 6.08 Å². The van der Waals surface area contributed by atoms with Gasteiger partial charge in [0.25, 0.3) is 0 Å². The predicted octanol–water partition coefficient (Wildman–Crippen LogP) is 6.49. The van der Waals surface area contributed by atoms with Gasteiger partial charge in [-0.05, 0) is 114 Å². The van der Waals surface area contributed by atoms with Crippen LogP contribution < -0.4 is 9.47 Å². The zero-order valence-corrected chi connectivity index (χ0v) is 21.1. The third kappa shape index (κ3) is 7.77. The summed E-state index contributed by atoms with van der Waals surface area (Å²) in [5, 5.41) is 0. The Bertz CT molecular complexity index is 985. The number of carbonyl (C=O) groups is 2. The molecule has 0 amide bonds. The number of allylic oxidation sites excluding steroid dienone is 1. The Kier molecular flexibility index (Phi) is 8.48. The molecule has 178 valence electrons. The highest BCUT2D eigenvalue weighted by molar-refractivity contribution is 6.06. The first-order valence-corrected chi connectivity index (χ1v) is 11.3. The van der Waals surface area contributed by atoms with Crippen LogP contribution >= 0.6 is 0 Å². The average Bonchev–Trinajstić information content (AvgIpc) is 2.72. The molecule has 0 bridgehead atoms. The largest absolute Gasteiger partial charge is 0.494 e. The fourth-order valence-electron chi connectivity index (χ4n) is 3.14. The second-order valence-corrected chi connectivity index (χ2v) is 9.67. The molecule has 0 aliphatic carbocycles. The molecule has 5 heteroatoms. The van der Waals surface area contributed by atoms with E-state index in [9.17, 15) is 9.59 Å². The number of rotatable bonds is 9. The molecule has 0 spiro atoms. The van der Waals surface area contributed by atoms with Crippen molar-refractivity contribution in [3.8, 4) is 11.5 Å². The monoisotopic (exact) mass is 452 g/mol. The van der Waals surface area contributed by atoms with E-state index in [4.69, 9.17) is 14.2 Å². The maximum atomic E-state index is 12.6. The summed E-state index contributed by atoms with van der Waals surface area (Å²) < 4.78 is 17.1. The van der Waals surface area contributed by atoms with Crippen LogP contribution in [0, 0.1) is 13.8 Å². The van der Waals surface area contributed by atoms with Crippen molar-refractivity contribution in [2.75, 3.05) is 6.61 Å².